The minimum atomic E-state index is -0.0768. The molecule has 4 nitrogen and oxygen atoms in total. The van der Waals surface area contributed by atoms with Crippen LogP contribution in [0.15, 0.2) is 35.3 Å². The minimum Gasteiger partial charge on any atom is -0.358 e. The Labute approximate surface area is 133 Å². The van der Waals surface area contributed by atoms with Crippen LogP contribution in [0.2, 0.25) is 5.02 Å². The van der Waals surface area contributed by atoms with Gasteiger partial charge in [-0.1, -0.05) is 36.7 Å². The van der Waals surface area contributed by atoms with Crippen LogP contribution in [0.3, 0.4) is 0 Å². The Bertz CT molecular complexity index is 680. The van der Waals surface area contributed by atoms with Crippen molar-refractivity contribution in [2.75, 3.05) is 11.9 Å². The second kappa shape index (κ2) is 6.15. The second-order valence-electron chi connectivity index (χ2n) is 4.84. The van der Waals surface area contributed by atoms with Gasteiger partial charge in [0.1, 0.15) is 6.17 Å². The van der Waals surface area contributed by atoms with Crippen LogP contribution in [0.4, 0.5) is 5.00 Å². The van der Waals surface area contributed by atoms with Gasteiger partial charge in [0.15, 0.2) is 0 Å². The quantitative estimate of drug-likeness (QED) is 0.602. The first-order valence-corrected chi connectivity index (χ1v) is 8.07. The summed E-state index contributed by atoms with van der Waals surface area (Å²) in [6.45, 7) is 2.70. The largest absolute Gasteiger partial charge is 0.358 e. The number of hydrogen-bond donors (Lipinski definition) is 3. The van der Waals surface area contributed by atoms with E-state index in [1.807, 2.05) is 24.3 Å². The van der Waals surface area contributed by atoms with Crippen LogP contribution >= 0.6 is 22.9 Å². The number of hydrazine groups is 1. The monoisotopic (exact) mass is 320 g/mol. The summed E-state index contributed by atoms with van der Waals surface area (Å²) < 4.78 is 0. The maximum absolute atomic E-state index is 6.35. The zero-order valence-electron chi connectivity index (χ0n) is 11.7. The lowest BCUT2D eigenvalue weighted by molar-refractivity contribution is 0.597. The Hall–Kier alpha value is -1.40. The van der Waals surface area contributed by atoms with E-state index >= 15 is 0 Å². The van der Waals surface area contributed by atoms with Crippen LogP contribution in [0, 0.1) is 0 Å². The third-order valence-corrected chi connectivity index (χ3v) is 4.99. The maximum Gasteiger partial charge on any atom is 0.110 e. The van der Waals surface area contributed by atoms with E-state index in [-0.39, 0.29) is 6.17 Å². The molecule has 0 amide bonds. The summed E-state index contributed by atoms with van der Waals surface area (Å²) in [6.07, 6.45) is 0.919. The summed E-state index contributed by atoms with van der Waals surface area (Å²) in [4.78, 5) is 6.04. The molecule has 0 saturated carbocycles. The number of thiophene rings is 1. The summed E-state index contributed by atoms with van der Waals surface area (Å²) in [5.41, 5.74) is 5.74. The summed E-state index contributed by atoms with van der Waals surface area (Å²) in [7, 11) is 0. The van der Waals surface area contributed by atoms with Crippen molar-refractivity contribution in [3.05, 3.63) is 51.4 Å². The average molecular weight is 321 g/mol. The van der Waals surface area contributed by atoms with Crippen molar-refractivity contribution in [3.63, 3.8) is 0 Å². The van der Waals surface area contributed by atoms with E-state index < -0.39 is 0 Å². The molecule has 110 valence electrons. The van der Waals surface area contributed by atoms with E-state index in [0.717, 1.165) is 28.3 Å². The minimum absolute atomic E-state index is 0.0768. The Morgan fingerprint density at radius 2 is 2.24 bits per heavy atom. The molecular formula is C15H17ClN4S. The number of nitrogens with two attached hydrogens (primary N) is 1. The van der Waals surface area contributed by atoms with Gasteiger partial charge in [-0.15, -0.1) is 11.3 Å². The van der Waals surface area contributed by atoms with Gasteiger partial charge in [-0.25, -0.2) is 5.43 Å². The fourth-order valence-corrected chi connectivity index (χ4v) is 3.62. The highest BCUT2D eigenvalue weighted by Gasteiger charge is 2.22. The predicted molar refractivity (Wildman–Crippen MR) is 90.4 cm³/mol. The van der Waals surface area contributed by atoms with Crippen molar-refractivity contribution in [2.24, 2.45) is 10.8 Å². The van der Waals surface area contributed by atoms with Gasteiger partial charge >= 0.3 is 0 Å². The van der Waals surface area contributed by atoms with Crippen LogP contribution in [-0.4, -0.2) is 18.4 Å². The number of anilines is 1. The summed E-state index contributed by atoms with van der Waals surface area (Å²) >= 11 is 8.09. The van der Waals surface area contributed by atoms with Gasteiger partial charge in [-0.2, -0.15) is 0 Å². The zero-order valence-corrected chi connectivity index (χ0v) is 13.3. The Morgan fingerprint density at radius 1 is 1.43 bits per heavy atom. The molecule has 0 saturated heterocycles. The Balaban J connectivity index is 2.13. The molecule has 1 aromatic carbocycles. The highest BCUT2D eigenvalue weighted by molar-refractivity contribution is 7.16. The van der Waals surface area contributed by atoms with Gasteiger partial charge in [0.05, 0.1) is 17.3 Å². The number of halogens is 1. The van der Waals surface area contributed by atoms with Gasteiger partial charge in [0.25, 0.3) is 0 Å². The molecule has 2 aromatic rings. The van der Waals surface area contributed by atoms with E-state index in [9.17, 15) is 0 Å². The fraction of sp³-hybridized carbons (Fsp3) is 0.267. The molecule has 21 heavy (non-hydrogen) atoms. The predicted octanol–water partition coefficient (Wildman–Crippen LogP) is 3.02. The zero-order chi connectivity index (χ0) is 14.8. The van der Waals surface area contributed by atoms with Crippen LogP contribution in [0.1, 0.15) is 22.9 Å². The molecular weight excluding hydrogens is 304 g/mol. The molecule has 3 rings (SSSR count). The number of nitrogens with one attached hydrogen (secondary N) is 2. The lowest BCUT2D eigenvalue weighted by atomic mass is 10.0. The highest BCUT2D eigenvalue weighted by Crippen LogP contribution is 2.34. The number of aryl methyl sites for hydroxylation is 1. The fourth-order valence-electron chi connectivity index (χ4n) is 2.35. The van der Waals surface area contributed by atoms with Gasteiger partial charge in [0, 0.05) is 21.0 Å². The van der Waals surface area contributed by atoms with Crippen LogP contribution < -0.4 is 16.6 Å². The van der Waals surface area contributed by atoms with Crippen molar-refractivity contribution >= 4 is 33.7 Å². The van der Waals surface area contributed by atoms with E-state index in [0.29, 0.717) is 11.6 Å². The topological polar surface area (TPSA) is 62.4 Å². The van der Waals surface area contributed by atoms with Crippen molar-refractivity contribution in [3.8, 4) is 0 Å². The molecule has 2 heterocycles. The van der Waals surface area contributed by atoms with Gasteiger partial charge in [0.2, 0.25) is 0 Å². The second-order valence-corrected chi connectivity index (χ2v) is 6.39. The molecule has 0 aliphatic carbocycles. The SMILES string of the molecule is CCc1cc2c(s1)NC(NN)CN=C2c1ccccc1Cl. The number of hydrogen-bond acceptors (Lipinski definition) is 5. The molecule has 0 bridgehead atoms. The normalized spacial score (nSPS) is 17.7. The van der Waals surface area contributed by atoms with E-state index in [1.54, 1.807) is 11.3 Å². The molecule has 1 aliphatic heterocycles. The Kier molecular flexibility index (Phi) is 4.26. The lowest BCUT2D eigenvalue weighted by Crippen LogP contribution is -2.42. The summed E-state index contributed by atoms with van der Waals surface area (Å²) in [5.74, 6) is 5.58. The first-order valence-electron chi connectivity index (χ1n) is 6.88. The number of nitrogens with zero attached hydrogens (tertiary/aromatic N) is 1. The molecule has 1 aliphatic rings. The molecule has 0 spiro atoms. The first kappa shape index (κ1) is 14.5. The summed E-state index contributed by atoms with van der Waals surface area (Å²) in [6, 6.07) is 9.99. The van der Waals surface area contributed by atoms with E-state index in [1.165, 1.54) is 4.88 Å². The van der Waals surface area contributed by atoms with E-state index in [4.69, 9.17) is 22.4 Å². The average Bonchev–Trinajstić information content (AvgIpc) is 2.83. The van der Waals surface area contributed by atoms with Crippen LogP contribution in [-0.2, 0) is 6.42 Å². The maximum atomic E-state index is 6.35. The van der Waals surface area contributed by atoms with Crippen LogP contribution in [0.5, 0.6) is 0 Å². The molecule has 4 N–H and O–H groups in total. The molecule has 0 radical (unpaired) electrons. The molecule has 1 aromatic heterocycles. The third kappa shape index (κ3) is 2.82. The number of fused-ring (bicyclic) bond motifs is 1. The smallest absolute Gasteiger partial charge is 0.110 e. The highest BCUT2D eigenvalue weighted by atomic mass is 35.5. The standard InChI is InChI=1S/C15H17ClN4S/c1-2-9-7-11-14(10-5-3-4-6-12(10)16)18-8-13(20-17)19-15(11)21-9/h3-7,13,19-20H,2,8,17H2,1H3. The van der Waals surface area contributed by atoms with Crippen molar-refractivity contribution in [1.29, 1.82) is 0 Å². The summed E-state index contributed by atoms with van der Waals surface area (Å²) in [5, 5.41) is 5.21. The van der Waals surface area contributed by atoms with Crippen molar-refractivity contribution < 1.29 is 0 Å². The molecule has 6 heteroatoms. The van der Waals surface area contributed by atoms with Gasteiger partial charge < -0.3 is 5.32 Å². The molecule has 1 unspecified atom stereocenters. The molecule has 1 atom stereocenters. The number of rotatable bonds is 3. The van der Waals surface area contributed by atoms with Crippen LogP contribution in [0.25, 0.3) is 0 Å². The number of aliphatic imine (C=N–C) groups is 1. The van der Waals surface area contributed by atoms with Gasteiger partial charge in [-0.05, 0) is 18.6 Å². The van der Waals surface area contributed by atoms with Gasteiger partial charge in [-0.3, -0.25) is 10.8 Å². The third-order valence-electron chi connectivity index (χ3n) is 3.45. The Morgan fingerprint density at radius 3 is 2.95 bits per heavy atom. The van der Waals surface area contributed by atoms with Crippen molar-refractivity contribution in [2.45, 2.75) is 19.5 Å². The number of benzene rings is 1. The van der Waals surface area contributed by atoms with Crippen molar-refractivity contribution in [1.82, 2.24) is 5.43 Å². The van der Waals surface area contributed by atoms with E-state index in [2.05, 4.69) is 23.7 Å². The lowest BCUT2D eigenvalue weighted by Gasteiger charge is -2.13. The molecule has 0 fully saturated rings. The first-order chi connectivity index (χ1) is 10.2.